The van der Waals surface area contributed by atoms with Crippen molar-refractivity contribution in [3.8, 4) is 0 Å². The van der Waals surface area contributed by atoms with Crippen molar-refractivity contribution in [2.75, 3.05) is 13.1 Å². The quantitative estimate of drug-likeness (QED) is 0.864. The highest BCUT2D eigenvalue weighted by molar-refractivity contribution is 5.87. The van der Waals surface area contributed by atoms with Crippen molar-refractivity contribution in [1.82, 2.24) is 9.80 Å². The van der Waals surface area contributed by atoms with E-state index in [-0.39, 0.29) is 17.7 Å². The van der Waals surface area contributed by atoms with Crippen LogP contribution >= 0.6 is 0 Å². The Labute approximate surface area is 160 Å². The minimum absolute atomic E-state index is 0.0405. The van der Waals surface area contributed by atoms with Crippen molar-refractivity contribution in [1.29, 1.82) is 0 Å². The first-order valence-corrected chi connectivity index (χ1v) is 9.58. The third-order valence-electron chi connectivity index (χ3n) is 5.52. The number of likely N-dealkylation sites (tertiary alicyclic amines) is 1. The Bertz CT molecular complexity index is 753. The molecule has 0 saturated carbocycles. The zero-order valence-electron chi connectivity index (χ0n) is 16.3. The van der Waals surface area contributed by atoms with Crippen molar-refractivity contribution < 1.29 is 19.5 Å². The summed E-state index contributed by atoms with van der Waals surface area (Å²) in [5.41, 5.74) is 1.50. The number of amides is 2. The summed E-state index contributed by atoms with van der Waals surface area (Å²) in [5.74, 6) is -1.42. The standard InChI is InChI=1S/C21H28N2O4/c1-21(2,3)20(27)22-10-6-9-16(12-22)18(24)23-13-15-8-5-4-7-14(15)11-17(23)19(25)26/h4-5,7-8,16-17H,6,9-13H2,1-3H3,(H,25,26). The summed E-state index contributed by atoms with van der Waals surface area (Å²) in [7, 11) is 0. The van der Waals surface area contributed by atoms with Gasteiger partial charge in [0.1, 0.15) is 6.04 Å². The van der Waals surface area contributed by atoms with Crippen molar-refractivity contribution in [2.24, 2.45) is 11.3 Å². The van der Waals surface area contributed by atoms with Crippen LogP contribution in [0.2, 0.25) is 0 Å². The fourth-order valence-electron chi connectivity index (χ4n) is 4.05. The van der Waals surface area contributed by atoms with Crippen molar-refractivity contribution in [2.45, 2.75) is 52.6 Å². The monoisotopic (exact) mass is 372 g/mol. The molecule has 3 rings (SSSR count). The Morgan fingerprint density at radius 3 is 2.41 bits per heavy atom. The number of carbonyl (C=O) groups is 3. The molecule has 0 aliphatic carbocycles. The second kappa shape index (κ2) is 7.33. The summed E-state index contributed by atoms with van der Waals surface area (Å²) in [6.45, 7) is 6.98. The van der Waals surface area contributed by atoms with E-state index in [0.717, 1.165) is 17.5 Å². The lowest BCUT2D eigenvalue weighted by Gasteiger charge is -2.40. The van der Waals surface area contributed by atoms with Gasteiger partial charge in [-0.3, -0.25) is 9.59 Å². The molecule has 0 radical (unpaired) electrons. The molecule has 2 aliphatic rings. The molecule has 1 saturated heterocycles. The molecule has 2 unspecified atom stereocenters. The first-order valence-electron chi connectivity index (χ1n) is 9.58. The first kappa shape index (κ1) is 19.4. The summed E-state index contributed by atoms with van der Waals surface area (Å²) in [6, 6.07) is 6.84. The SMILES string of the molecule is CC(C)(C)C(=O)N1CCCC(C(=O)N2Cc3ccccc3CC2C(=O)O)C1. The maximum atomic E-state index is 13.2. The maximum Gasteiger partial charge on any atom is 0.326 e. The van der Waals surface area contributed by atoms with Gasteiger partial charge in [0, 0.05) is 31.5 Å². The van der Waals surface area contributed by atoms with Gasteiger partial charge in [-0.05, 0) is 24.0 Å². The Balaban J connectivity index is 1.79. The highest BCUT2D eigenvalue weighted by Crippen LogP contribution is 2.29. The molecule has 0 aromatic heterocycles. The van der Waals surface area contributed by atoms with Gasteiger partial charge in [0.15, 0.2) is 0 Å². The molecule has 0 bridgehead atoms. The van der Waals surface area contributed by atoms with E-state index < -0.39 is 17.4 Å². The molecule has 2 aliphatic heterocycles. The number of nitrogens with zero attached hydrogens (tertiary/aromatic N) is 2. The zero-order valence-corrected chi connectivity index (χ0v) is 16.3. The van der Waals surface area contributed by atoms with Crippen molar-refractivity contribution in [3.63, 3.8) is 0 Å². The van der Waals surface area contributed by atoms with Gasteiger partial charge in [0.05, 0.1) is 5.92 Å². The van der Waals surface area contributed by atoms with Gasteiger partial charge in [0.2, 0.25) is 11.8 Å². The number of fused-ring (bicyclic) bond motifs is 1. The van der Waals surface area contributed by atoms with Crippen LogP contribution in [0.3, 0.4) is 0 Å². The van der Waals surface area contributed by atoms with Crippen LogP contribution in [0.4, 0.5) is 0 Å². The molecular weight excluding hydrogens is 344 g/mol. The number of benzene rings is 1. The minimum atomic E-state index is -0.976. The van der Waals surface area contributed by atoms with Gasteiger partial charge in [-0.25, -0.2) is 4.79 Å². The summed E-state index contributed by atoms with van der Waals surface area (Å²) < 4.78 is 0. The minimum Gasteiger partial charge on any atom is -0.480 e. The number of piperidine rings is 1. The van der Waals surface area contributed by atoms with E-state index in [4.69, 9.17) is 0 Å². The number of carbonyl (C=O) groups excluding carboxylic acids is 2. The molecule has 2 heterocycles. The predicted octanol–water partition coefficient (Wildman–Crippen LogP) is 2.31. The Morgan fingerprint density at radius 1 is 1.11 bits per heavy atom. The summed E-state index contributed by atoms with van der Waals surface area (Å²) in [4.78, 5) is 40.9. The van der Waals surface area contributed by atoms with Gasteiger partial charge in [-0.2, -0.15) is 0 Å². The first-order chi connectivity index (χ1) is 12.7. The number of hydrogen-bond acceptors (Lipinski definition) is 3. The molecule has 6 nitrogen and oxygen atoms in total. The maximum absolute atomic E-state index is 13.2. The smallest absolute Gasteiger partial charge is 0.326 e. The normalized spacial score (nSPS) is 22.9. The molecule has 1 fully saturated rings. The fourth-order valence-corrected chi connectivity index (χ4v) is 4.05. The van der Waals surface area contributed by atoms with Crippen molar-refractivity contribution >= 4 is 17.8 Å². The van der Waals surface area contributed by atoms with Crippen molar-refractivity contribution in [3.05, 3.63) is 35.4 Å². The number of hydrogen-bond donors (Lipinski definition) is 1. The van der Waals surface area contributed by atoms with Crippen LogP contribution in [0.5, 0.6) is 0 Å². The van der Waals surface area contributed by atoms with E-state index in [0.29, 0.717) is 32.5 Å². The van der Waals surface area contributed by atoms with Gasteiger partial charge in [-0.1, -0.05) is 45.0 Å². The van der Waals surface area contributed by atoms with Crippen LogP contribution < -0.4 is 0 Å². The molecule has 2 amide bonds. The Hall–Kier alpha value is -2.37. The Kier molecular flexibility index (Phi) is 5.27. The second-order valence-corrected chi connectivity index (χ2v) is 8.63. The predicted molar refractivity (Wildman–Crippen MR) is 101 cm³/mol. The van der Waals surface area contributed by atoms with Crippen LogP contribution in [0.25, 0.3) is 0 Å². The van der Waals surface area contributed by atoms with Crippen LogP contribution in [0, 0.1) is 11.3 Å². The lowest BCUT2D eigenvalue weighted by atomic mass is 9.88. The molecular formula is C21H28N2O4. The molecule has 1 N–H and O–H groups in total. The lowest BCUT2D eigenvalue weighted by Crippen LogP contribution is -2.54. The molecule has 1 aromatic carbocycles. The third kappa shape index (κ3) is 3.99. The van der Waals surface area contributed by atoms with E-state index >= 15 is 0 Å². The van der Waals surface area contributed by atoms with Crippen LogP contribution in [0.1, 0.15) is 44.7 Å². The highest BCUT2D eigenvalue weighted by atomic mass is 16.4. The number of carboxylic acids is 1. The molecule has 2 atom stereocenters. The zero-order chi connectivity index (χ0) is 19.8. The van der Waals surface area contributed by atoms with E-state index in [1.165, 1.54) is 4.90 Å². The third-order valence-corrected chi connectivity index (χ3v) is 5.52. The number of aliphatic carboxylic acids is 1. The average molecular weight is 372 g/mol. The highest BCUT2D eigenvalue weighted by Gasteiger charge is 2.40. The summed E-state index contributed by atoms with van der Waals surface area (Å²) >= 11 is 0. The average Bonchev–Trinajstić information content (AvgIpc) is 2.65. The van der Waals surface area contributed by atoms with Crippen LogP contribution in [-0.2, 0) is 27.3 Å². The van der Waals surface area contributed by atoms with Gasteiger partial charge in [-0.15, -0.1) is 0 Å². The van der Waals surface area contributed by atoms with Gasteiger partial charge < -0.3 is 14.9 Å². The molecule has 1 aromatic rings. The number of carboxylic acid groups (broad SMARTS) is 1. The topological polar surface area (TPSA) is 77.9 Å². The van der Waals surface area contributed by atoms with E-state index in [1.54, 1.807) is 4.90 Å². The molecule has 146 valence electrons. The van der Waals surface area contributed by atoms with Crippen LogP contribution in [0.15, 0.2) is 24.3 Å². The molecule has 0 spiro atoms. The van der Waals surface area contributed by atoms with E-state index in [9.17, 15) is 19.5 Å². The fraction of sp³-hybridized carbons (Fsp3) is 0.571. The Morgan fingerprint density at radius 2 is 1.78 bits per heavy atom. The van der Waals surface area contributed by atoms with E-state index in [1.807, 2.05) is 45.0 Å². The largest absolute Gasteiger partial charge is 0.480 e. The van der Waals surface area contributed by atoms with E-state index in [2.05, 4.69) is 0 Å². The van der Waals surface area contributed by atoms with Gasteiger partial charge >= 0.3 is 5.97 Å². The molecule has 6 heteroatoms. The second-order valence-electron chi connectivity index (χ2n) is 8.63. The molecule has 27 heavy (non-hydrogen) atoms. The summed E-state index contributed by atoms with van der Waals surface area (Å²) in [6.07, 6.45) is 1.78. The van der Waals surface area contributed by atoms with Crippen LogP contribution in [-0.4, -0.2) is 51.8 Å². The van der Waals surface area contributed by atoms with Gasteiger partial charge in [0.25, 0.3) is 0 Å². The number of rotatable bonds is 2. The summed E-state index contributed by atoms with van der Waals surface area (Å²) in [5, 5.41) is 9.67. The lowest BCUT2D eigenvalue weighted by molar-refractivity contribution is -0.155.